The topological polar surface area (TPSA) is 31.0 Å². The molecule has 5 nitrogen and oxygen atoms in total. The van der Waals surface area contributed by atoms with Crippen LogP contribution in [0.5, 0.6) is 5.75 Å². The number of hydrogen-bond donors (Lipinski definition) is 1. The highest BCUT2D eigenvalue weighted by atomic mass is 35.5. The first kappa shape index (κ1) is 26.2. The van der Waals surface area contributed by atoms with Gasteiger partial charge in [-0.1, -0.05) is 42.4 Å². The maximum Gasteiger partial charge on any atom is 0.119 e. The molecular formula is C30H37ClN4OS. The summed E-state index contributed by atoms with van der Waals surface area (Å²) < 4.78 is 5.99. The van der Waals surface area contributed by atoms with Gasteiger partial charge in [0.05, 0.1) is 11.4 Å². The molecule has 0 aromatic heterocycles. The molecule has 0 atom stereocenters. The summed E-state index contributed by atoms with van der Waals surface area (Å²) in [5, 5.41) is 4.20. The minimum Gasteiger partial charge on any atom is -0.492 e. The second-order valence-corrected chi connectivity index (χ2v) is 11.2. The molecule has 0 spiro atoms. The number of hydrogen-bond acceptors (Lipinski definition) is 6. The first-order chi connectivity index (χ1) is 18.2. The fourth-order valence-corrected chi connectivity index (χ4v) is 6.21. The monoisotopic (exact) mass is 536 g/mol. The normalized spacial score (nSPS) is 15.8. The highest BCUT2D eigenvalue weighted by Crippen LogP contribution is 2.48. The molecule has 0 amide bonds. The molecule has 37 heavy (non-hydrogen) atoms. The first-order valence-electron chi connectivity index (χ1n) is 13.4. The van der Waals surface area contributed by atoms with Crippen molar-refractivity contribution in [3.63, 3.8) is 0 Å². The number of piperazine rings is 1. The quantitative estimate of drug-likeness (QED) is 0.288. The summed E-state index contributed by atoms with van der Waals surface area (Å²) in [6, 6.07) is 23.2. The van der Waals surface area contributed by atoms with Crippen molar-refractivity contribution in [2.75, 3.05) is 69.2 Å². The van der Waals surface area contributed by atoms with Crippen molar-refractivity contribution in [2.45, 2.75) is 29.6 Å². The van der Waals surface area contributed by atoms with Gasteiger partial charge in [0.1, 0.15) is 12.4 Å². The third kappa shape index (κ3) is 6.94. The molecule has 2 aliphatic heterocycles. The fourth-order valence-electron chi connectivity index (χ4n) is 4.96. The van der Waals surface area contributed by atoms with E-state index in [0.29, 0.717) is 0 Å². The lowest BCUT2D eigenvalue weighted by Crippen LogP contribution is -2.47. The van der Waals surface area contributed by atoms with Crippen LogP contribution in [-0.4, -0.2) is 68.8 Å². The van der Waals surface area contributed by atoms with E-state index in [0.717, 1.165) is 88.3 Å². The Morgan fingerprint density at radius 2 is 1.57 bits per heavy atom. The molecule has 0 radical (unpaired) electrons. The number of nitrogens with one attached hydrogen (secondary N) is 1. The molecule has 3 aromatic rings. The SMILES string of the molecule is CCCNc1ccc(OCCN2CCN(CCCN3c4ccccc4Sc4ccc(Cl)cc43)CC2)cc1. The number of fused-ring (bicyclic) bond motifs is 2. The third-order valence-electron chi connectivity index (χ3n) is 7.02. The number of rotatable bonds is 11. The smallest absolute Gasteiger partial charge is 0.119 e. The molecule has 2 aliphatic rings. The van der Waals surface area contributed by atoms with Crippen molar-refractivity contribution in [2.24, 2.45) is 0 Å². The summed E-state index contributed by atoms with van der Waals surface area (Å²) in [5.41, 5.74) is 3.67. The Labute approximate surface area is 230 Å². The van der Waals surface area contributed by atoms with Crippen LogP contribution in [0.2, 0.25) is 5.02 Å². The average molecular weight is 537 g/mol. The van der Waals surface area contributed by atoms with Crippen molar-refractivity contribution in [1.29, 1.82) is 0 Å². The third-order valence-corrected chi connectivity index (χ3v) is 8.38. The van der Waals surface area contributed by atoms with Gasteiger partial charge in [0.15, 0.2) is 0 Å². The minimum absolute atomic E-state index is 0.732. The van der Waals surface area contributed by atoms with Gasteiger partial charge in [-0.3, -0.25) is 4.90 Å². The van der Waals surface area contributed by atoms with Gasteiger partial charge < -0.3 is 19.9 Å². The molecule has 7 heteroatoms. The van der Waals surface area contributed by atoms with Crippen LogP contribution in [0.3, 0.4) is 0 Å². The van der Waals surface area contributed by atoms with E-state index in [1.54, 1.807) is 0 Å². The van der Waals surface area contributed by atoms with E-state index in [9.17, 15) is 0 Å². The fraction of sp³-hybridized carbons (Fsp3) is 0.400. The van der Waals surface area contributed by atoms with E-state index in [1.807, 2.05) is 17.8 Å². The van der Waals surface area contributed by atoms with Gasteiger partial charge in [-0.2, -0.15) is 0 Å². The van der Waals surface area contributed by atoms with E-state index >= 15 is 0 Å². The molecule has 196 valence electrons. The molecule has 0 unspecified atom stereocenters. The van der Waals surface area contributed by atoms with Crippen LogP contribution in [0.1, 0.15) is 19.8 Å². The lowest BCUT2D eigenvalue weighted by atomic mass is 10.2. The summed E-state index contributed by atoms with van der Waals surface area (Å²) in [4.78, 5) is 10.2. The van der Waals surface area contributed by atoms with Crippen LogP contribution in [0.4, 0.5) is 17.1 Å². The predicted molar refractivity (Wildman–Crippen MR) is 157 cm³/mol. The van der Waals surface area contributed by atoms with E-state index in [1.165, 1.54) is 21.2 Å². The molecular weight excluding hydrogens is 500 g/mol. The van der Waals surface area contributed by atoms with E-state index in [4.69, 9.17) is 16.3 Å². The van der Waals surface area contributed by atoms with Crippen molar-refractivity contribution in [3.05, 3.63) is 71.8 Å². The Morgan fingerprint density at radius 1 is 0.838 bits per heavy atom. The van der Waals surface area contributed by atoms with Gasteiger partial charge in [-0.05, 0) is 74.0 Å². The van der Waals surface area contributed by atoms with Gasteiger partial charge in [0.25, 0.3) is 0 Å². The molecule has 5 rings (SSSR count). The molecule has 1 N–H and O–H groups in total. The lowest BCUT2D eigenvalue weighted by Gasteiger charge is -2.36. The summed E-state index contributed by atoms with van der Waals surface area (Å²) in [5.74, 6) is 0.946. The second kappa shape index (κ2) is 12.9. The van der Waals surface area contributed by atoms with Gasteiger partial charge in [-0.25, -0.2) is 0 Å². The zero-order chi connectivity index (χ0) is 25.5. The van der Waals surface area contributed by atoms with E-state index in [2.05, 4.69) is 87.6 Å². The van der Waals surface area contributed by atoms with Crippen molar-refractivity contribution in [3.8, 4) is 5.75 Å². The van der Waals surface area contributed by atoms with Crippen LogP contribution in [0.25, 0.3) is 0 Å². The molecule has 0 aliphatic carbocycles. The second-order valence-electron chi connectivity index (χ2n) is 9.67. The standard InChI is InChI=1S/C30H37ClN4OS/c1-2-14-32-25-9-11-26(12-10-25)36-22-21-34-19-17-33(18-20-34)15-5-16-35-27-6-3-4-7-29(27)37-30-13-8-24(31)23-28(30)35/h3-4,6-13,23,32H,2,5,14-22H2,1H3. The maximum absolute atomic E-state index is 6.37. The maximum atomic E-state index is 6.37. The largest absolute Gasteiger partial charge is 0.492 e. The average Bonchev–Trinajstić information content (AvgIpc) is 2.93. The predicted octanol–water partition coefficient (Wildman–Crippen LogP) is 6.85. The Balaban J connectivity index is 1.04. The minimum atomic E-state index is 0.732. The van der Waals surface area contributed by atoms with Gasteiger partial charge in [-0.15, -0.1) is 0 Å². The number of halogens is 1. The van der Waals surface area contributed by atoms with Gasteiger partial charge in [0.2, 0.25) is 0 Å². The van der Waals surface area contributed by atoms with Crippen LogP contribution >= 0.6 is 23.4 Å². The molecule has 3 aromatic carbocycles. The van der Waals surface area contributed by atoms with Crippen molar-refractivity contribution < 1.29 is 4.74 Å². The highest BCUT2D eigenvalue weighted by Gasteiger charge is 2.24. The summed E-state index contributed by atoms with van der Waals surface area (Å²) in [6.45, 7) is 11.4. The molecule has 2 heterocycles. The molecule has 1 saturated heterocycles. The summed E-state index contributed by atoms with van der Waals surface area (Å²) in [7, 11) is 0. The zero-order valence-corrected chi connectivity index (χ0v) is 23.2. The number of ether oxygens (including phenoxy) is 1. The lowest BCUT2D eigenvalue weighted by molar-refractivity contribution is 0.116. The Morgan fingerprint density at radius 3 is 2.35 bits per heavy atom. The van der Waals surface area contributed by atoms with Crippen LogP contribution < -0.4 is 15.0 Å². The number of anilines is 3. The first-order valence-corrected chi connectivity index (χ1v) is 14.6. The summed E-state index contributed by atoms with van der Waals surface area (Å²) >= 11 is 8.21. The Bertz CT molecular complexity index is 1150. The van der Waals surface area contributed by atoms with E-state index < -0.39 is 0 Å². The Kier molecular flexibility index (Phi) is 9.16. The number of para-hydroxylation sites is 1. The molecule has 0 bridgehead atoms. The molecule has 0 saturated carbocycles. The van der Waals surface area contributed by atoms with Crippen molar-refractivity contribution in [1.82, 2.24) is 9.80 Å². The zero-order valence-electron chi connectivity index (χ0n) is 21.7. The van der Waals surface area contributed by atoms with Gasteiger partial charge >= 0.3 is 0 Å². The molecule has 1 fully saturated rings. The number of nitrogens with zero attached hydrogens (tertiary/aromatic N) is 3. The highest BCUT2D eigenvalue weighted by molar-refractivity contribution is 7.99. The number of benzene rings is 3. The van der Waals surface area contributed by atoms with Crippen LogP contribution in [-0.2, 0) is 0 Å². The van der Waals surface area contributed by atoms with Gasteiger partial charge in [0, 0.05) is 66.3 Å². The van der Waals surface area contributed by atoms with Crippen LogP contribution in [0, 0.1) is 0 Å². The Hall–Kier alpha value is -2.38. The summed E-state index contributed by atoms with van der Waals surface area (Å²) in [6.07, 6.45) is 2.25. The van der Waals surface area contributed by atoms with Crippen molar-refractivity contribution >= 4 is 40.4 Å². The van der Waals surface area contributed by atoms with Crippen LogP contribution in [0.15, 0.2) is 76.5 Å². The van der Waals surface area contributed by atoms with E-state index in [-0.39, 0.29) is 0 Å².